The van der Waals surface area contributed by atoms with Crippen LogP contribution >= 0.6 is 0 Å². The molecule has 2 N–H and O–H groups in total. The molecule has 0 aromatic heterocycles. The summed E-state index contributed by atoms with van der Waals surface area (Å²) in [4.78, 5) is 11.4. The van der Waals surface area contributed by atoms with Gasteiger partial charge in [-0.05, 0) is 31.2 Å². The van der Waals surface area contributed by atoms with Gasteiger partial charge in [-0.3, -0.25) is 0 Å². The molecule has 0 fully saturated rings. The lowest BCUT2D eigenvalue weighted by Crippen LogP contribution is -2.34. The van der Waals surface area contributed by atoms with Crippen LogP contribution < -0.4 is 10.1 Å². The van der Waals surface area contributed by atoms with Crippen molar-refractivity contribution >= 4 is 11.7 Å². The van der Waals surface area contributed by atoms with E-state index in [-0.39, 0.29) is 6.61 Å². The van der Waals surface area contributed by atoms with Crippen LogP contribution in [0.3, 0.4) is 0 Å². The highest BCUT2D eigenvalue weighted by molar-refractivity contribution is 5.79. The average Bonchev–Trinajstić information content (AvgIpc) is 2.37. The van der Waals surface area contributed by atoms with Gasteiger partial charge in [0.25, 0.3) is 0 Å². The molecule has 0 aliphatic carbocycles. The van der Waals surface area contributed by atoms with E-state index in [1.165, 1.54) is 0 Å². The molecule has 0 spiro atoms. The molecule has 94 valence electrons. The number of benzene rings is 1. The number of rotatable bonds is 6. The molecule has 0 heterocycles. The molecule has 5 heteroatoms. The van der Waals surface area contributed by atoms with Gasteiger partial charge >= 0.3 is 5.97 Å². The zero-order chi connectivity index (χ0) is 12.7. The third-order valence-corrected chi connectivity index (χ3v) is 2.18. The second-order valence-electron chi connectivity index (χ2n) is 3.36. The van der Waals surface area contributed by atoms with Crippen LogP contribution in [-0.4, -0.2) is 37.4 Å². The first-order valence-electron chi connectivity index (χ1n) is 5.39. The number of nitrogens with one attached hydrogen (secondary N) is 1. The largest absolute Gasteiger partial charge is 0.497 e. The molecule has 17 heavy (non-hydrogen) atoms. The van der Waals surface area contributed by atoms with Crippen molar-refractivity contribution in [2.45, 2.75) is 13.0 Å². The normalized spacial score (nSPS) is 11.7. The Balaban J connectivity index is 2.63. The molecule has 0 aliphatic rings. The number of methoxy groups -OCH3 is 1. The summed E-state index contributed by atoms with van der Waals surface area (Å²) in [5.41, 5.74) is 0.720. The van der Waals surface area contributed by atoms with Crippen molar-refractivity contribution in [3.8, 4) is 5.75 Å². The molecule has 1 atom stereocenters. The fourth-order valence-electron chi connectivity index (χ4n) is 1.31. The number of hydrogen-bond donors (Lipinski definition) is 2. The van der Waals surface area contributed by atoms with Crippen molar-refractivity contribution < 1.29 is 19.4 Å². The number of carbonyl (C=O) groups excluding carboxylic acids is 1. The molecule has 5 nitrogen and oxygen atoms in total. The monoisotopic (exact) mass is 239 g/mol. The maximum Gasteiger partial charge on any atom is 0.330 e. The van der Waals surface area contributed by atoms with Gasteiger partial charge in [0.05, 0.1) is 20.3 Å². The van der Waals surface area contributed by atoms with E-state index in [1.807, 2.05) is 0 Å². The van der Waals surface area contributed by atoms with Crippen LogP contribution in [-0.2, 0) is 9.53 Å². The molecular weight excluding hydrogens is 222 g/mol. The van der Waals surface area contributed by atoms with Gasteiger partial charge < -0.3 is 19.9 Å². The molecule has 0 amide bonds. The lowest BCUT2D eigenvalue weighted by molar-refractivity contribution is -0.144. The molecule has 0 bridgehead atoms. The number of aliphatic hydroxyl groups is 1. The van der Waals surface area contributed by atoms with E-state index in [4.69, 9.17) is 14.6 Å². The fourth-order valence-corrected chi connectivity index (χ4v) is 1.31. The third kappa shape index (κ3) is 3.96. The van der Waals surface area contributed by atoms with Crippen molar-refractivity contribution in [2.75, 3.05) is 25.6 Å². The van der Waals surface area contributed by atoms with E-state index in [0.717, 1.165) is 11.4 Å². The quantitative estimate of drug-likeness (QED) is 0.726. The Hall–Kier alpha value is -1.75. The van der Waals surface area contributed by atoms with E-state index in [1.54, 1.807) is 38.3 Å². The Morgan fingerprint density at radius 1 is 1.41 bits per heavy atom. The molecule has 1 aromatic rings. The summed E-state index contributed by atoms with van der Waals surface area (Å²) in [6.07, 6.45) is 0. The van der Waals surface area contributed by atoms with E-state index in [0.29, 0.717) is 6.61 Å². The smallest absolute Gasteiger partial charge is 0.330 e. The van der Waals surface area contributed by atoms with Crippen molar-refractivity contribution in [3.05, 3.63) is 24.3 Å². The molecular formula is C12H17NO4. The van der Waals surface area contributed by atoms with Crippen LogP contribution in [0.2, 0.25) is 0 Å². The molecule has 0 aliphatic heterocycles. The predicted molar refractivity (Wildman–Crippen MR) is 64.1 cm³/mol. The van der Waals surface area contributed by atoms with E-state index < -0.39 is 12.0 Å². The van der Waals surface area contributed by atoms with Crippen molar-refractivity contribution in [1.29, 1.82) is 0 Å². The van der Waals surface area contributed by atoms with Crippen molar-refractivity contribution in [2.24, 2.45) is 0 Å². The predicted octanol–water partition coefficient (Wildman–Crippen LogP) is 1.03. The second kappa shape index (κ2) is 6.75. The highest BCUT2D eigenvalue weighted by atomic mass is 16.5. The van der Waals surface area contributed by atoms with Gasteiger partial charge in [0.2, 0.25) is 0 Å². The van der Waals surface area contributed by atoms with Gasteiger partial charge in [-0.1, -0.05) is 0 Å². The molecule has 1 unspecified atom stereocenters. The van der Waals surface area contributed by atoms with Crippen LogP contribution in [0.25, 0.3) is 0 Å². The lowest BCUT2D eigenvalue weighted by Gasteiger charge is -2.16. The minimum Gasteiger partial charge on any atom is -0.497 e. The van der Waals surface area contributed by atoms with Gasteiger partial charge in [0, 0.05) is 5.69 Å². The molecule has 0 saturated carbocycles. The van der Waals surface area contributed by atoms with E-state index >= 15 is 0 Å². The van der Waals surface area contributed by atoms with Crippen LogP contribution in [0.1, 0.15) is 6.92 Å². The van der Waals surface area contributed by atoms with Crippen LogP contribution in [0, 0.1) is 0 Å². The second-order valence-corrected chi connectivity index (χ2v) is 3.36. The lowest BCUT2D eigenvalue weighted by atomic mass is 10.2. The first kappa shape index (κ1) is 13.3. The first-order valence-corrected chi connectivity index (χ1v) is 5.39. The Kier molecular flexibility index (Phi) is 5.29. The summed E-state index contributed by atoms with van der Waals surface area (Å²) in [5.74, 6) is 0.262. The maximum absolute atomic E-state index is 11.4. The average molecular weight is 239 g/mol. The highest BCUT2D eigenvalue weighted by Crippen LogP contribution is 2.15. The summed E-state index contributed by atoms with van der Waals surface area (Å²) >= 11 is 0. The van der Waals surface area contributed by atoms with E-state index in [2.05, 4.69) is 5.32 Å². The Morgan fingerprint density at radius 3 is 2.53 bits per heavy atom. The standard InChI is InChI=1S/C12H17NO4/c1-3-17-12(15)11(8-14)13-9-4-6-10(16-2)7-5-9/h4-7,11,13-14H,3,8H2,1-2H3. The SMILES string of the molecule is CCOC(=O)C(CO)Nc1ccc(OC)cc1. The van der Waals surface area contributed by atoms with Crippen LogP contribution in [0.4, 0.5) is 5.69 Å². The Bertz CT molecular complexity index is 350. The number of ether oxygens (including phenoxy) is 2. The first-order chi connectivity index (χ1) is 8.21. The van der Waals surface area contributed by atoms with Crippen molar-refractivity contribution in [1.82, 2.24) is 0 Å². The van der Waals surface area contributed by atoms with Gasteiger partial charge in [-0.25, -0.2) is 4.79 Å². The number of carbonyl (C=O) groups is 1. The third-order valence-electron chi connectivity index (χ3n) is 2.18. The summed E-state index contributed by atoms with van der Waals surface area (Å²) in [6, 6.07) is 6.31. The minimum atomic E-state index is -0.747. The summed E-state index contributed by atoms with van der Waals surface area (Å²) < 4.78 is 9.84. The number of hydrogen-bond acceptors (Lipinski definition) is 5. The van der Waals surface area contributed by atoms with E-state index in [9.17, 15) is 4.79 Å². The topological polar surface area (TPSA) is 67.8 Å². The van der Waals surface area contributed by atoms with Gasteiger partial charge in [0.1, 0.15) is 11.8 Å². The number of anilines is 1. The Labute approximate surface area is 100 Å². The molecule has 0 radical (unpaired) electrons. The van der Waals surface area contributed by atoms with Gasteiger partial charge in [-0.2, -0.15) is 0 Å². The van der Waals surface area contributed by atoms with Gasteiger partial charge in [-0.15, -0.1) is 0 Å². The summed E-state index contributed by atoms with van der Waals surface area (Å²) in [5, 5.41) is 12.0. The summed E-state index contributed by atoms with van der Waals surface area (Å²) in [7, 11) is 1.58. The number of esters is 1. The highest BCUT2D eigenvalue weighted by Gasteiger charge is 2.18. The minimum absolute atomic E-state index is 0.291. The van der Waals surface area contributed by atoms with Crippen molar-refractivity contribution in [3.63, 3.8) is 0 Å². The fraction of sp³-hybridized carbons (Fsp3) is 0.417. The van der Waals surface area contributed by atoms with Gasteiger partial charge in [0.15, 0.2) is 0 Å². The zero-order valence-electron chi connectivity index (χ0n) is 9.97. The maximum atomic E-state index is 11.4. The molecule has 1 rings (SSSR count). The van der Waals surface area contributed by atoms with Crippen LogP contribution in [0.5, 0.6) is 5.75 Å². The Morgan fingerprint density at radius 2 is 2.06 bits per heavy atom. The summed E-state index contributed by atoms with van der Waals surface area (Å²) in [6.45, 7) is 1.70. The van der Waals surface area contributed by atoms with Crippen LogP contribution in [0.15, 0.2) is 24.3 Å². The molecule has 1 aromatic carbocycles. The number of aliphatic hydroxyl groups excluding tert-OH is 1. The zero-order valence-corrected chi connectivity index (χ0v) is 9.97. The molecule has 0 saturated heterocycles.